The minimum atomic E-state index is -0.200. The van der Waals surface area contributed by atoms with Crippen molar-refractivity contribution in [3.63, 3.8) is 0 Å². The molecule has 6 atom stereocenters. The van der Waals surface area contributed by atoms with Crippen molar-refractivity contribution < 1.29 is 9.59 Å². The number of Topliss-reactive ketones (excluding diaryl/α,β-unsaturated/α-hetero) is 2. The topological polar surface area (TPSA) is 34.1 Å². The molecule has 0 bridgehead atoms. The molecule has 0 amide bonds. The van der Waals surface area contributed by atoms with Gasteiger partial charge in [-0.15, -0.1) is 0 Å². The summed E-state index contributed by atoms with van der Waals surface area (Å²) in [4.78, 5) is 25.0. The molecule has 0 N–H and O–H groups in total. The van der Waals surface area contributed by atoms with E-state index in [1.165, 1.54) is 6.42 Å². The van der Waals surface area contributed by atoms with Gasteiger partial charge in [0, 0.05) is 17.8 Å². The van der Waals surface area contributed by atoms with Crippen LogP contribution >= 0.6 is 0 Å². The Morgan fingerprint density at radius 2 is 1.73 bits per heavy atom. The van der Waals surface area contributed by atoms with Crippen LogP contribution in [0, 0.1) is 39.4 Å². The zero-order valence-corrected chi connectivity index (χ0v) is 17.6. The van der Waals surface area contributed by atoms with Crippen LogP contribution in [0.3, 0.4) is 0 Å². The van der Waals surface area contributed by atoms with Crippen LogP contribution in [0.1, 0.15) is 86.5 Å². The van der Waals surface area contributed by atoms with E-state index in [1.807, 2.05) is 0 Å². The van der Waals surface area contributed by atoms with Gasteiger partial charge < -0.3 is 0 Å². The first-order valence-electron chi connectivity index (χ1n) is 10.7. The summed E-state index contributed by atoms with van der Waals surface area (Å²) >= 11 is 0. The molecule has 0 heterocycles. The van der Waals surface area contributed by atoms with Crippen LogP contribution in [-0.4, -0.2) is 11.6 Å². The van der Waals surface area contributed by atoms with Gasteiger partial charge >= 0.3 is 0 Å². The Morgan fingerprint density at radius 3 is 2.38 bits per heavy atom. The highest BCUT2D eigenvalue weighted by Gasteiger charge is 2.65. The Hall–Kier alpha value is -0.920. The standard InChI is InChI=1S/C24H36O2/c1-15(25)16-9-13-24(6)18-7-8-19-21(2,3)20(26)11-12-22(19,4)17(18)10-14-23(16,24)5/h7,16-17,19H,8-14H2,1-6H3/t16-,17-,19-,22+,23-,24+/m0/s1. The second kappa shape index (κ2) is 5.32. The number of rotatable bonds is 1. The van der Waals surface area contributed by atoms with Crippen LogP contribution in [0.5, 0.6) is 0 Å². The lowest BCUT2D eigenvalue weighted by molar-refractivity contribution is -0.146. The maximum absolute atomic E-state index is 12.6. The fourth-order valence-corrected chi connectivity index (χ4v) is 8.16. The molecular weight excluding hydrogens is 320 g/mol. The van der Waals surface area contributed by atoms with Crippen molar-refractivity contribution in [1.82, 2.24) is 0 Å². The average Bonchev–Trinajstić information content (AvgIpc) is 2.84. The molecule has 2 nitrogen and oxygen atoms in total. The molecule has 4 aliphatic rings. The highest BCUT2D eigenvalue weighted by atomic mass is 16.1. The normalized spacial score (nSPS) is 49.7. The third-order valence-corrected chi connectivity index (χ3v) is 10.1. The van der Waals surface area contributed by atoms with Gasteiger partial charge in [-0.2, -0.15) is 0 Å². The van der Waals surface area contributed by atoms with E-state index in [-0.39, 0.29) is 27.6 Å². The van der Waals surface area contributed by atoms with Crippen molar-refractivity contribution in [2.75, 3.05) is 0 Å². The number of fused-ring (bicyclic) bond motifs is 5. The van der Waals surface area contributed by atoms with Crippen LogP contribution in [0.2, 0.25) is 0 Å². The van der Waals surface area contributed by atoms with Crippen molar-refractivity contribution in [2.45, 2.75) is 86.5 Å². The fourth-order valence-electron chi connectivity index (χ4n) is 8.16. The molecule has 4 aliphatic carbocycles. The number of hydrogen-bond donors (Lipinski definition) is 0. The van der Waals surface area contributed by atoms with Crippen molar-refractivity contribution >= 4 is 11.6 Å². The van der Waals surface area contributed by atoms with E-state index < -0.39 is 0 Å². The Labute approximate surface area is 159 Å². The zero-order valence-electron chi connectivity index (χ0n) is 17.6. The number of carbonyl (C=O) groups excluding carboxylic acids is 2. The summed E-state index contributed by atoms with van der Waals surface area (Å²) in [6.07, 6.45) is 9.91. The molecule has 0 radical (unpaired) electrons. The lowest BCUT2D eigenvalue weighted by Crippen LogP contribution is -2.57. The van der Waals surface area contributed by atoms with E-state index in [9.17, 15) is 9.59 Å². The Bertz CT molecular complexity index is 701. The molecule has 0 spiro atoms. The second-order valence-corrected chi connectivity index (χ2v) is 11.1. The molecule has 0 unspecified atom stereocenters. The maximum atomic E-state index is 12.6. The number of hydrogen-bond acceptors (Lipinski definition) is 2. The summed E-state index contributed by atoms with van der Waals surface area (Å²) in [5.41, 5.74) is 1.96. The maximum Gasteiger partial charge on any atom is 0.138 e. The van der Waals surface area contributed by atoms with Crippen molar-refractivity contribution in [1.29, 1.82) is 0 Å². The van der Waals surface area contributed by atoms with Gasteiger partial charge in [-0.25, -0.2) is 0 Å². The summed E-state index contributed by atoms with van der Waals surface area (Å²) in [6.45, 7) is 13.5. The van der Waals surface area contributed by atoms with Gasteiger partial charge in [-0.05, 0) is 73.5 Å². The molecule has 4 rings (SSSR count). The molecular formula is C24H36O2. The van der Waals surface area contributed by atoms with E-state index in [0.717, 1.165) is 38.5 Å². The van der Waals surface area contributed by atoms with Gasteiger partial charge in [0.15, 0.2) is 0 Å². The second-order valence-electron chi connectivity index (χ2n) is 11.1. The highest BCUT2D eigenvalue weighted by molar-refractivity contribution is 5.85. The quantitative estimate of drug-likeness (QED) is 0.561. The summed E-state index contributed by atoms with van der Waals surface area (Å²) in [6, 6.07) is 0. The van der Waals surface area contributed by atoms with Crippen LogP contribution in [0.4, 0.5) is 0 Å². The fraction of sp³-hybridized carbons (Fsp3) is 0.833. The van der Waals surface area contributed by atoms with Crippen LogP contribution in [0.15, 0.2) is 11.6 Å². The monoisotopic (exact) mass is 356 g/mol. The Kier molecular flexibility index (Phi) is 3.78. The van der Waals surface area contributed by atoms with Crippen molar-refractivity contribution in [3.05, 3.63) is 11.6 Å². The molecule has 2 heteroatoms. The predicted molar refractivity (Wildman–Crippen MR) is 105 cm³/mol. The molecule has 3 fully saturated rings. The zero-order chi connectivity index (χ0) is 19.1. The largest absolute Gasteiger partial charge is 0.300 e. The van der Waals surface area contributed by atoms with E-state index in [2.05, 4.69) is 40.7 Å². The molecule has 0 aliphatic heterocycles. The van der Waals surface area contributed by atoms with E-state index in [4.69, 9.17) is 0 Å². The summed E-state index contributed by atoms with van der Waals surface area (Å²) in [7, 11) is 0. The first-order chi connectivity index (χ1) is 12.0. The van der Waals surface area contributed by atoms with Gasteiger partial charge in [-0.1, -0.05) is 46.3 Å². The highest BCUT2D eigenvalue weighted by Crippen LogP contribution is 2.72. The number of allylic oxidation sites excluding steroid dienone is 2. The lowest BCUT2D eigenvalue weighted by atomic mass is 9.41. The smallest absolute Gasteiger partial charge is 0.138 e. The lowest BCUT2D eigenvalue weighted by Gasteiger charge is -2.62. The van der Waals surface area contributed by atoms with Gasteiger partial charge in [0.25, 0.3) is 0 Å². The summed E-state index contributed by atoms with van der Waals surface area (Å²) in [5, 5.41) is 0. The average molecular weight is 357 g/mol. The van der Waals surface area contributed by atoms with Crippen LogP contribution in [0.25, 0.3) is 0 Å². The Balaban J connectivity index is 1.79. The van der Waals surface area contributed by atoms with E-state index in [1.54, 1.807) is 12.5 Å². The van der Waals surface area contributed by atoms with Gasteiger partial charge in [0.1, 0.15) is 11.6 Å². The molecule has 0 aromatic carbocycles. The van der Waals surface area contributed by atoms with Gasteiger partial charge in [-0.3, -0.25) is 9.59 Å². The SMILES string of the molecule is CC(=O)[C@@H]1CC[C@]2(C)C3=CC[C@H]4C(C)(C)C(=O)CC[C@]4(C)[C@H]3CC[C@@]12C. The Morgan fingerprint density at radius 1 is 1.04 bits per heavy atom. The molecule has 0 aromatic heterocycles. The minimum Gasteiger partial charge on any atom is -0.300 e. The van der Waals surface area contributed by atoms with Crippen molar-refractivity contribution in [3.8, 4) is 0 Å². The molecule has 26 heavy (non-hydrogen) atoms. The van der Waals surface area contributed by atoms with Gasteiger partial charge in [0.05, 0.1) is 0 Å². The summed E-state index contributed by atoms with van der Waals surface area (Å²) < 4.78 is 0. The first-order valence-corrected chi connectivity index (χ1v) is 10.7. The first kappa shape index (κ1) is 18.4. The minimum absolute atomic E-state index is 0.115. The molecule has 144 valence electrons. The van der Waals surface area contributed by atoms with Crippen LogP contribution < -0.4 is 0 Å². The van der Waals surface area contributed by atoms with E-state index >= 15 is 0 Å². The predicted octanol–water partition coefficient (Wildman–Crippen LogP) is 5.75. The molecule has 3 saturated carbocycles. The number of ketones is 2. The van der Waals surface area contributed by atoms with Crippen molar-refractivity contribution in [2.24, 2.45) is 39.4 Å². The van der Waals surface area contributed by atoms with Crippen LogP contribution in [-0.2, 0) is 9.59 Å². The third-order valence-electron chi connectivity index (χ3n) is 10.1. The number of carbonyl (C=O) groups is 2. The van der Waals surface area contributed by atoms with E-state index in [0.29, 0.717) is 23.4 Å². The molecule has 0 aromatic rings. The van der Waals surface area contributed by atoms with Gasteiger partial charge in [0.2, 0.25) is 0 Å². The molecule has 0 saturated heterocycles. The third kappa shape index (κ3) is 2.00. The summed E-state index contributed by atoms with van der Waals surface area (Å²) in [5.74, 6) is 2.13.